The van der Waals surface area contributed by atoms with Gasteiger partial charge in [-0.05, 0) is 26.2 Å². The lowest BCUT2D eigenvalue weighted by Crippen LogP contribution is -2.28. The highest BCUT2D eigenvalue weighted by Crippen LogP contribution is 2.49. The smallest absolute Gasteiger partial charge is 0.0657 e. The Labute approximate surface area is 67.6 Å². The number of ether oxygens (including phenoxy) is 1. The molecule has 0 unspecified atom stereocenters. The van der Waals surface area contributed by atoms with Crippen LogP contribution < -0.4 is 0 Å². The number of aliphatic hydroxyl groups excluding tert-OH is 1. The summed E-state index contributed by atoms with van der Waals surface area (Å²) in [6.45, 7) is 2.43. The number of hydrogen-bond acceptors (Lipinski definition) is 2. The van der Waals surface area contributed by atoms with Crippen molar-refractivity contribution in [3.05, 3.63) is 0 Å². The minimum absolute atomic E-state index is 0.152. The van der Waals surface area contributed by atoms with Gasteiger partial charge < -0.3 is 9.84 Å². The first-order valence-corrected chi connectivity index (χ1v) is 4.53. The number of rotatable bonds is 1. The van der Waals surface area contributed by atoms with E-state index in [1.54, 1.807) is 0 Å². The van der Waals surface area contributed by atoms with Crippen LogP contribution in [0.1, 0.15) is 32.6 Å². The summed E-state index contributed by atoms with van der Waals surface area (Å²) in [7, 11) is 0. The molecule has 1 saturated heterocycles. The molecule has 11 heavy (non-hydrogen) atoms. The largest absolute Gasteiger partial charge is 0.396 e. The van der Waals surface area contributed by atoms with Crippen molar-refractivity contribution in [1.29, 1.82) is 0 Å². The molecule has 0 bridgehead atoms. The third-order valence-corrected chi connectivity index (χ3v) is 3.23. The van der Waals surface area contributed by atoms with Crippen molar-refractivity contribution < 1.29 is 9.84 Å². The number of fused-ring (bicyclic) bond motifs is 1. The predicted octanol–water partition coefficient (Wildman–Crippen LogP) is 1.33. The maximum absolute atomic E-state index is 9.26. The highest BCUT2D eigenvalue weighted by atomic mass is 16.5. The quantitative estimate of drug-likeness (QED) is 0.620. The van der Waals surface area contributed by atoms with Gasteiger partial charge in [0.2, 0.25) is 0 Å². The molecule has 64 valence electrons. The van der Waals surface area contributed by atoms with E-state index in [1.807, 2.05) is 0 Å². The molecule has 0 radical (unpaired) electrons. The van der Waals surface area contributed by atoms with E-state index in [1.165, 1.54) is 12.8 Å². The molecule has 0 amide bonds. The number of aliphatic hydroxyl groups is 1. The van der Waals surface area contributed by atoms with Crippen molar-refractivity contribution in [2.75, 3.05) is 6.61 Å². The van der Waals surface area contributed by atoms with E-state index >= 15 is 0 Å². The van der Waals surface area contributed by atoms with Crippen LogP contribution in [0.2, 0.25) is 0 Å². The summed E-state index contributed by atoms with van der Waals surface area (Å²) >= 11 is 0. The molecule has 2 aliphatic rings. The highest BCUT2D eigenvalue weighted by molar-refractivity contribution is 4.98. The first kappa shape index (κ1) is 7.56. The second-order valence-corrected chi connectivity index (χ2v) is 4.05. The molecule has 2 nitrogen and oxygen atoms in total. The van der Waals surface area contributed by atoms with Crippen molar-refractivity contribution in [2.45, 2.75) is 44.8 Å². The third-order valence-electron chi connectivity index (χ3n) is 3.23. The maximum Gasteiger partial charge on any atom is 0.0657 e. The molecule has 0 aromatic rings. The Morgan fingerprint density at radius 1 is 1.64 bits per heavy atom. The van der Waals surface area contributed by atoms with E-state index in [-0.39, 0.29) is 5.41 Å². The minimum atomic E-state index is 0.152. The fourth-order valence-electron chi connectivity index (χ4n) is 2.70. The van der Waals surface area contributed by atoms with Gasteiger partial charge in [-0.15, -0.1) is 0 Å². The normalized spacial score (nSPS) is 49.6. The van der Waals surface area contributed by atoms with Crippen molar-refractivity contribution in [3.63, 3.8) is 0 Å². The Morgan fingerprint density at radius 3 is 3.09 bits per heavy atom. The Balaban J connectivity index is 2.15. The molecule has 0 aromatic heterocycles. The van der Waals surface area contributed by atoms with E-state index < -0.39 is 0 Å². The molecule has 1 heterocycles. The molecule has 0 aromatic carbocycles. The molecular weight excluding hydrogens is 140 g/mol. The molecule has 1 aliphatic carbocycles. The monoisotopic (exact) mass is 156 g/mol. The predicted molar refractivity (Wildman–Crippen MR) is 42.3 cm³/mol. The van der Waals surface area contributed by atoms with E-state index in [4.69, 9.17) is 4.74 Å². The topological polar surface area (TPSA) is 29.5 Å². The van der Waals surface area contributed by atoms with Gasteiger partial charge in [0.15, 0.2) is 0 Å². The van der Waals surface area contributed by atoms with Crippen LogP contribution in [0.15, 0.2) is 0 Å². The average molecular weight is 156 g/mol. The standard InChI is InChI=1S/C9H16O2/c1-7-5-9(6-10)4-2-3-8(9)11-7/h7-8,10H,2-6H2,1H3/t7-,8-,9-/m1/s1. The summed E-state index contributed by atoms with van der Waals surface area (Å²) in [5.41, 5.74) is 0.152. The van der Waals surface area contributed by atoms with Crippen LogP contribution in [0, 0.1) is 5.41 Å². The summed E-state index contributed by atoms with van der Waals surface area (Å²) < 4.78 is 5.72. The second kappa shape index (κ2) is 2.46. The molecule has 1 saturated carbocycles. The van der Waals surface area contributed by atoms with Crippen LogP contribution in [0.4, 0.5) is 0 Å². The van der Waals surface area contributed by atoms with Crippen LogP contribution in [-0.4, -0.2) is 23.9 Å². The average Bonchev–Trinajstić information content (AvgIpc) is 2.43. The van der Waals surface area contributed by atoms with E-state index in [0.29, 0.717) is 18.8 Å². The maximum atomic E-state index is 9.26. The van der Waals surface area contributed by atoms with Crippen LogP contribution >= 0.6 is 0 Å². The molecule has 1 N–H and O–H groups in total. The first-order chi connectivity index (χ1) is 5.27. The van der Waals surface area contributed by atoms with Crippen molar-refractivity contribution in [2.24, 2.45) is 5.41 Å². The van der Waals surface area contributed by atoms with E-state index in [9.17, 15) is 5.11 Å². The zero-order chi connectivity index (χ0) is 7.90. The molecule has 2 heteroatoms. The second-order valence-electron chi connectivity index (χ2n) is 4.05. The summed E-state index contributed by atoms with van der Waals surface area (Å²) in [4.78, 5) is 0. The van der Waals surface area contributed by atoms with Gasteiger partial charge in [0.1, 0.15) is 0 Å². The Morgan fingerprint density at radius 2 is 2.45 bits per heavy atom. The lowest BCUT2D eigenvalue weighted by molar-refractivity contribution is 0.0154. The molecule has 1 aliphatic heterocycles. The van der Waals surface area contributed by atoms with Crippen molar-refractivity contribution in [1.82, 2.24) is 0 Å². The summed E-state index contributed by atoms with van der Waals surface area (Å²) in [6, 6.07) is 0. The van der Waals surface area contributed by atoms with Gasteiger partial charge in [0.05, 0.1) is 18.8 Å². The first-order valence-electron chi connectivity index (χ1n) is 4.53. The summed E-state index contributed by atoms with van der Waals surface area (Å²) in [5.74, 6) is 0. The van der Waals surface area contributed by atoms with Gasteiger partial charge in [0.25, 0.3) is 0 Å². The Kier molecular flexibility index (Phi) is 1.69. The molecule has 3 atom stereocenters. The van der Waals surface area contributed by atoms with Crippen molar-refractivity contribution >= 4 is 0 Å². The Hall–Kier alpha value is -0.0800. The van der Waals surface area contributed by atoms with Crippen LogP contribution in [0.3, 0.4) is 0 Å². The molecule has 2 rings (SSSR count). The fraction of sp³-hybridized carbons (Fsp3) is 1.00. The molecule has 2 fully saturated rings. The lowest BCUT2D eigenvalue weighted by atomic mass is 9.82. The number of hydrogen-bond donors (Lipinski definition) is 1. The summed E-state index contributed by atoms with van der Waals surface area (Å²) in [6.07, 6.45) is 5.35. The van der Waals surface area contributed by atoms with Crippen molar-refractivity contribution in [3.8, 4) is 0 Å². The van der Waals surface area contributed by atoms with Crippen LogP contribution in [0.25, 0.3) is 0 Å². The van der Waals surface area contributed by atoms with E-state index in [2.05, 4.69) is 6.92 Å². The van der Waals surface area contributed by atoms with Crippen LogP contribution in [-0.2, 0) is 4.74 Å². The summed E-state index contributed by atoms with van der Waals surface area (Å²) in [5, 5.41) is 9.26. The van der Waals surface area contributed by atoms with Crippen LogP contribution in [0.5, 0.6) is 0 Å². The molecule has 0 spiro atoms. The fourth-order valence-corrected chi connectivity index (χ4v) is 2.70. The van der Waals surface area contributed by atoms with Gasteiger partial charge in [-0.3, -0.25) is 0 Å². The van der Waals surface area contributed by atoms with Gasteiger partial charge in [0, 0.05) is 5.41 Å². The third kappa shape index (κ3) is 1.00. The minimum Gasteiger partial charge on any atom is -0.396 e. The SMILES string of the molecule is C[C@@H]1C[C@@]2(CO)CCC[C@H]2O1. The Bertz CT molecular complexity index is 158. The zero-order valence-electron chi connectivity index (χ0n) is 7.05. The van der Waals surface area contributed by atoms with Gasteiger partial charge in [-0.25, -0.2) is 0 Å². The molecular formula is C9H16O2. The van der Waals surface area contributed by atoms with Gasteiger partial charge in [-0.2, -0.15) is 0 Å². The van der Waals surface area contributed by atoms with Gasteiger partial charge >= 0.3 is 0 Å². The lowest BCUT2D eigenvalue weighted by Gasteiger charge is -2.24. The highest BCUT2D eigenvalue weighted by Gasteiger charge is 2.49. The van der Waals surface area contributed by atoms with E-state index in [0.717, 1.165) is 12.8 Å². The van der Waals surface area contributed by atoms with Gasteiger partial charge in [-0.1, -0.05) is 6.42 Å². The zero-order valence-corrected chi connectivity index (χ0v) is 7.05.